The largest absolute Gasteiger partial charge is 0.491 e. The third-order valence-electron chi connectivity index (χ3n) is 3.60. The molecule has 2 unspecified atom stereocenters. The van der Waals surface area contributed by atoms with Crippen molar-refractivity contribution in [3.63, 3.8) is 0 Å². The standard InChI is InChI=1S/C19H21BrClNO3/c1-4-12(2)24-16-8-6-15(7-9-16)22-19(23)13(3)25-18-10-5-14(21)11-17(18)20/h5-13H,4H2,1-3H3,(H,22,23). The van der Waals surface area contributed by atoms with Crippen molar-refractivity contribution in [3.8, 4) is 11.5 Å². The molecule has 134 valence electrons. The van der Waals surface area contributed by atoms with Crippen molar-refractivity contribution >= 4 is 39.1 Å². The Kier molecular flexibility index (Phi) is 7.14. The quantitative estimate of drug-likeness (QED) is 0.619. The molecule has 0 aliphatic rings. The Morgan fingerprint density at radius 2 is 1.84 bits per heavy atom. The Balaban J connectivity index is 1.94. The van der Waals surface area contributed by atoms with Crippen molar-refractivity contribution < 1.29 is 14.3 Å². The van der Waals surface area contributed by atoms with E-state index in [0.717, 1.165) is 12.2 Å². The molecule has 2 rings (SSSR count). The van der Waals surface area contributed by atoms with Crippen LogP contribution in [0.4, 0.5) is 5.69 Å². The lowest BCUT2D eigenvalue weighted by atomic mass is 10.2. The summed E-state index contributed by atoms with van der Waals surface area (Å²) in [6, 6.07) is 12.4. The van der Waals surface area contributed by atoms with Gasteiger partial charge in [0, 0.05) is 10.7 Å². The van der Waals surface area contributed by atoms with Crippen LogP contribution in [0.25, 0.3) is 0 Å². The first-order valence-corrected chi connectivity index (χ1v) is 9.25. The van der Waals surface area contributed by atoms with E-state index >= 15 is 0 Å². The molecule has 0 aromatic heterocycles. The predicted molar refractivity (Wildman–Crippen MR) is 105 cm³/mol. The van der Waals surface area contributed by atoms with Crippen LogP contribution in [0.3, 0.4) is 0 Å². The van der Waals surface area contributed by atoms with Gasteiger partial charge in [-0.3, -0.25) is 4.79 Å². The minimum atomic E-state index is -0.659. The first-order chi connectivity index (χ1) is 11.9. The van der Waals surface area contributed by atoms with Gasteiger partial charge in [0.1, 0.15) is 11.5 Å². The number of nitrogens with one attached hydrogen (secondary N) is 1. The fourth-order valence-corrected chi connectivity index (χ4v) is 2.77. The molecular weight excluding hydrogens is 406 g/mol. The smallest absolute Gasteiger partial charge is 0.265 e. The topological polar surface area (TPSA) is 47.6 Å². The van der Waals surface area contributed by atoms with Gasteiger partial charge in [0.2, 0.25) is 0 Å². The van der Waals surface area contributed by atoms with E-state index < -0.39 is 6.10 Å². The first-order valence-electron chi connectivity index (χ1n) is 8.08. The van der Waals surface area contributed by atoms with Gasteiger partial charge in [-0.1, -0.05) is 18.5 Å². The monoisotopic (exact) mass is 425 g/mol. The third-order valence-corrected chi connectivity index (χ3v) is 4.46. The van der Waals surface area contributed by atoms with Gasteiger partial charge < -0.3 is 14.8 Å². The highest BCUT2D eigenvalue weighted by molar-refractivity contribution is 9.10. The van der Waals surface area contributed by atoms with Crippen LogP contribution in [0.5, 0.6) is 11.5 Å². The molecule has 0 spiro atoms. The second-order valence-corrected chi connectivity index (χ2v) is 6.98. The van der Waals surface area contributed by atoms with Crippen LogP contribution < -0.4 is 14.8 Å². The minimum Gasteiger partial charge on any atom is -0.491 e. The summed E-state index contributed by atoms with van der Waals surface area (Å²) in [4.78, 5) is 12.3. The fraction of sp³-hybridized carbons (Fsp3) is 0.316. The Morgan fingerprint density at radius 1 is 1.16 bits per heavy atom. The van der Waals surface area contributed by atoms with Crippen LogP contribution in [0.15, 0.2) is 46.9 Å². The van der Waals surface area contributed by atoms with Crippen molar-refractivity contribution in [1.82, 2.24) is 0 Å². The molecule has 0 aliphatic heterocycles. The molecule has 0 heterocycles. The Hall–Kier alpha value is -1.72. The summed E-state index contributed by atoms with van der Waals surface area (Å²) in [6.45, 7) is 5.78. The lowest BCUT2D eigenvalue weighted by Gasteiger charge is -2.16. The highest BCUT2D eigenvalue weighted by Crippen LogP contribution is 2.29. The molecule has 0 bridgehead atoms. The average Bonchev–Trinajstić information content (AvgIpc) is 2.58. The Bertz CT molecular complexity index is 721. The number of ether oxygens (including phenoxy) is 2. The number of hydrogen-bond acceptors (Lipinski definition) is 3. The van der Waals surface area contributed by atoms with E-state index in [0.29, 0.717) is 20.9 Å². The molecule has 0 aliphatic carbocycles. The number of carbonyl (C=O) groups excluding carboxylic acids is 1. The van der Waals surface area contributed by atoms with Gasteiger partial charge in [-0.15, -0.1) is 0 Å². The maximum absolute atomic E-state index is 12.3. The molecule has 2 atom stereocenters. The maximum Gasteiger partial charge on any atom is 0.265 e. The molecule has 25 heavy (non-hydrogen) atoms. The molecule has 2 aromatic carbocycles. The highest BCUT2D eigenvalue weighted by Gasteiger charge is 2.16. The van der Waals surface area contributed by atoms with Crippen molar-refractivity contribution in [2.45, 2.75) is 39.4 Å². The van der Waals surface area contributed by atoms with Crippen LogP contribution in [0.1, 0.15) is 27.2 Å². The second-order valence-electron chi connectivity index (χ2n) is 5.69. The van der Waals surface area contributed by atoms with Crippen LogP contribution >= 0.6 is 27.5 Å². The van der Waals surface area contributed by atoms with E-state index in [-0.39, 0.29) is 12.0 Å². The van der Waals surface area contributed by atoms with Gasteiger partial charge in [-0.25, -0.2) is 0 Å². The van der Waals surface area contributed by atoms with Gasteiger partial charge in [-0.2, -0.15) is 0 Å². The van der Waals surface area contributed by atoms with Gasteiger partial charge >= 0.3 is 0 Å². The van der Waals surface area contributed by atoms with Crippen molar-refractivity contribution in [3.05, 3.63) is 52.0 Å². The number of amides is 1. The predicted octanol–water partition coefficient (Wildman–Crippen LogP) is 5.69. The fourth-order valence-electron chi connectivity index (χ4n) is 1.99. The van der Waals surface area contributed by atoms with Crippen molar-refractivity contribution in [2.24, 2.45) is 0 Å². The summed E-state index contributed by atoms with van der Waals surface area (Å²) in [6.07, 6.45) is 0.438. The van der Waals surface area contributed by atoms with E-state index in [9.17, 15) is 4.79 Å². The number of halogens is 2. The molecule has 0 saturated heterocycles. The van der Waals surface area contributed by atoms with Crippen LogP contribution in [0.2, 0.25) is 5.02 Å². The van der Waals surface area contributed by atoms with Crippen LogP contribution in [0, 0.1) is 0 Å². The molecule has 6 heteroatoms. The number of hydrogen-bond donors (Lipinski definition) is 1. The van der Waals surface area contributed by atoms with E-state index in [2.05, 4.69) is 28.2 Å². The van der Waals surface area contributed by atoms with E-state index in [4.69, 9.17) is 21.1 Å². The summed E-state index contributed by atoms with van der Waals surface area (Å²) in [5.74, 6) is 1.10. The summed E-state index contributed by atoms with van der Waals surface area (Å²) in [7, 11) is 0. The molecular formula is C19H21BrClNO3. The molecule has 1 amide bonds. The average molecular weight is 427 g/mol. The number of carbonyl (C=O) groups is 1. The first kappa shape index (κ1) is 19.6. The Labute approximate surface area is 161 Å². The zero-order valence-electron chi connectivity index (χ0n) is 14.4. The lowest BCUT2D eigenvalue weighted by molar-refractivity contribution is -0.122. The summed E-state index contributed by atoms with van der Waals surface area (Å²) < 4.78 is 12.1. The maximum atomic E-state index is 12.3. The summed E-state index contributed by atoms with van der Waals surface area (Å²) in [5.41, 5.74) is 0.687. The van der Waals surface area contributed by atoms with Crippen molar-refractivity contribution in [2.75, 3.05) is 5.32 Å². The number of rotatable bonds is 7. The number of anilines is 1. The second kappa shape index (κ2) is 9.11. The third kappa shape index (κ3) is 5.94. The zero-order valence-corrected chi connectivity index (χ0v) is 16.7. The van der Waals surface area contributed by atoms with Crippen LogP contribution in [-0.2, 0) is 4.79 Å². The van der Waals surface area contributed by atoms with Gasteiger partial charge in [0.25, 0.3) is 5.91 Å². The highest BCUT2D eigenvalue weighted by atomic mass is 79.9. The van der Waals surface area contributed by atoms with E-state index in [1.807, 2.05) is 19.1 Å². The zero-order chi connectivity index (χ0) is 18.4. The van der Waals surface area contributed by atoms with E-state index in [1.54, 1.807) is 37.3 Å². The molecule has 0 radical (unpaired) electrons. The SMILES string of the molecule is CCC(C)Oc1ccc(NC(=O)C(C)Oc2ccc(Cl)cc2Br)cc1. The Morgan fingerprint density at radius 3 is 2.44 bits per heavy atom. The molecule has 1 N–H and O–H groups in total. The minimum absolute atomic E-state index is 0.159. The summed E-state index contributed by atoms with van der Waals surface area (Å²) in [5, 5.41) is 3.42. The van der Waals surface area contributed by atoms with Crippen LogP contribution in [-0.4, -0.2) is 18.1 Å². The lowest BCUT2D eigenvalue weighted by Crippen LogP contribution is -2.30. The van der Waals surface area contributed by atoms with Gasteiger partial charge in [0.05, 0.1) is 10.6 Å². The molecule has 4 nitrogen and oxygen atoms in total. The normalized spacial score (nSPS) is 13.0. The van der Waals surface area contributed by atoms with Crippen molar-refractivity contribution in [1.29, 1.82) is 0 Å². The number of benzene rings is 2. The van der Waals surface area contributed by atoms with Gasteiger partial charge in [0.15, 0.2) is 6.10 Å². The molecule has 0 saturated carbocycles. The molecule has 2 aromatic rings. The van der Waals surface area contributed by atoms with Gasteiger partial charge in [-0.05, 0) is 78.7 Å². The van der Waals surface area contributed by atoms with E-state index in [1.165, 1.54) is 0 Å². The summed E-state index contributed by atoms with van der Waals surface area (Å²) >= 11 is 9.27. The molecule has 0 fully saturated rings.